The van der Waals surface area contributed by atoms with Crippen molar-refractivity contribution in [1.29, 1.82) is 0 Å². The molecular formula is C14H16F3NOS. The Morgan fingerprint density at radius 1 is 1.35 bits per heavy atom. The maximum atomic E-state index is 13.2. The molecule has 20 heavy (non-hydrogen) atoms. The van der Waals surface area contributed by atoms with E-state index in [2.05, 4.69) is 0 Å². The predicted octanol–water partition coefficient (Wildman–Crippen LogP) is 3.85. The number of hydrogen-bond donors (Lipinski definition) is 0. The summed E-state index contributed by atoms with van der Waals surface area (Å²) in [5.74, 6) is 0.791. The first-order valence-corrected chi connectivity index (χ1v) is 7.27. The number of hydrogen-bond acceptors (Lipinski definition) is 3. The van der Waals surface area contributed by atoms with Gasteiger partial charge >= 0.3 is 6.18 Å². The van der Waals surface area contributed by atoms with Crippen LogP contribution in [0.5, 0.6) is 0 Å². The number of thioether (sulfide) groups is 1. The Morgan fingerprint density at radius 2 is 2.05 bits per heavy atom. The first-order valence-electron chi connectivity index (χ1n) is 6.28. The zero-order chi connectivity index (χ0) is 15.0. The lowest BCUT2D eigenvalue weighted by atomic mass is 10.1. The molecule has 1 aromatic rings. The number of carbonyl (C=O) groups is 1. The van der Waals surface area contributed by atoms with E-state index in [4.69, 9.17) is 0 Å². The third-order valence-corrected chi connectivity index (χ3v) is 4.53. The van der Waals surface area contributed by atoms with Gasteiger partial charge in [0.25, 0.3) is 0 Å². The quantitative estimate of drug-likeness (QED) is 0.774. The molecule has 1 saturated heterocycles. The van der Waals surface area contributed by atoms with E-state index in [1.807, 2.05) is 13.8 Å². The maximum absolute atomic E-state index is 13.2. The minimum atomic E-state index is -4.46. The van der Waals surface area contributed by atoms with Gasteiger partial charge in [-0.05, 0) is 32.0 Å². The number of halogens is 3. The lowest BCUT2D eigenvalue weighted by Crippen LogP contribution is -2.43. The van der Waals surface area contributed by atoms with E-state index in [9.17, 15) is 18.0 Å². The molecule has 1 aliphatic heterocycles. The molecule has 1 fully saturated rings. The second kappa shape index (κ2) is 5.31. The van der Waals surface area contributed by atoms with E-state index in [1.165, 1.54) is 12.1 Å². The monoisotopic (exact) mass is 303 g/mol. The highest BCUT2D eigenvalue weighted by molar-refractivity contribution is 8.00. The molecule has 1 aliphatic rings. The standard InChI is InChI=1S/C14H16F3NOS/c1-13(2)9-18(5-6-20-13)12-4-3-10(8-19)7-11(12)14(15,16)17/h3-4,7-8H,5-6,9H2,1-2H3. The summed E-state index contributed by atoms with van der Waals surface area (Å²) in [5.41, 5.74) is -0.520. The van der Waals surface area contributed by atoms with E-state index < -0.39 is 11.7 Å². The summed E-state index contributed by atoms with van der Waals surface area (Å²) < 4.78 is 39.4. The van der Waals surface area contributed by atoms with Gasteiger partial charge in [0.2, 0.25) is 0 Å². The van der Waals surface area contributed by atoms with Crippen LogP contribution in [0.2, 0.25) is 0 Å². The number of anilines is 1. The van der Waals surface area contributed by atoms with Crippen molar-refractivity contribution in [1.82, 2.24) is 0 Å². The highest BCUT2D eigenvalue weighted by Gasteiger charge is 2.37. The van der Waals surface area contributed by atoms with Gasteiger partial charge in [-0.1, -0.05) is 0 Å². The van der Waals surface area contributed by atoms with E-state index in [0.29, 0.717) is 19.4 Å². The molecule has 0 spiro atoms. The molecule has 0 amide bonds. The number of rotatable bonds is 2. The van der Waals surface area contributed by atoms with Crippen molar-refractivity contribution in [3.05, 3.63) is 29.3 Å². The summed E-state index contributed by atoms with van der Waals surface area (Å²) >= 11 is 1.76. The smallest absolute Gasteiger partial charge is 0.369 e. The number of alkyl halides is 3. The highest BCUT2D eigenvalue weighted by atomic mass is 32.2. The van der Waals surface area contributed by atoms with E-state index in [-0.39, 0.29) is 16.0 Å². The summed E-state index contributed by atoms with van der Waals surface area (Å²) in [5, 5.41) is 0. The fourth-order valence-corrected chi connectivity index (χ4v) is 3.46. The molecule has 2 rings (SSSR count). The van der Waals surface area contributed by atoms with Crippen LogP contribution in [-0.4, -0.2) is 29.9 Å². The molecule has 110 valence electrons. The molecule has 0 radical (unpaired) electrons. The van der Waals surface area contributed by atoms with Crippen LogP contribution in [0.15, 0.2) is 18.2 Å². The van der Waals surface area contributed by atoms with Gasteiger partial charge in [0.1, 0.15) is 6.29 Å². The van der Waals surface area contributed by atoms with Crippen molar-refractivity contribution >= 4 is 23.7 Å². The molecule has 6 heteroatoms. The van der Waals surface area contributed by atoms with Crippen LogP contribution in [0.3, 0.4) is 0 Å². The van der Waals surface area contributed by atoms with Gasteiger partial charge in [-0.2, -0.15) is 24.9 Å². The number of aldehydes is 1. The molecular weight excluding hydrogens is 287 g/mol. The van der Waals surface area contributed by atoms with Gasteiger partial charge in [0.05, 0.1) is 5.56 Å². The average Bonchev–Trinajstić information content (AvgIpc) is 2.35. The Bertz CT molecular complexity index is 514. The number of benzene rings is 1. The summed E-state index contributed by atoms with van der Waals surface area (Å²) in [7, 11) is 0. The molecule has 0 atom stereocenters. The summed E-state index contributed by atoms with van der Waals surface area (Å²) in [6.07, 6.45) is -4.02. The second-order valence-corrected chi connectivity index (χ2v) is 7.22. The van der Waals surface area contributed by atoms with Crippen molar-refractivity contribution in [2.45, 2.75) is 24.8 Å². The first kappa shape index (κ1) is 15.2. The van der Waals surface area contributed by atoms with E-state index in [1.54, 1.807) is 16.7 Å². The molecule has 2 nitrogen and oxygen atoms in total. The van der Waals surface area contributed by atoms with E-state index >= 15 is 0 Å². The van der Waals surface area contributed by atoms with Gasteiger partial charge < -0.3 is 4.90 Å². The molecule has 1 heterocycles. The Balaban J connectivity index is 2.43. The molecule has 0 aliphatic carbocycles. The van der Waals surface area contributed by atoms with Crippen LogP contribution < -0.4 is 4.90 Å². The van der Waals surface area contributed by atoms with Gasteiger partial charge in [0, 0.05) is 34.8 Å². The van der Waals surface area contributed by atoms with Crippen molar-refractivity contribution in [3.63, 3.8) is 0 Å². The van der Waals surface area contributed by atoms with Crippen molar-refractivity contribution in [2.75, 3.05) is 23.7 Å². The minimum Gasteiger partial charge on any atom is -0.369 e. The lowest BCUT2D eigenvalue weighted by Gasteiger charge is -2.39. The fourth-order valence-electron chi connectivity index (χ4n) is 2.35. The van der Waals surface area contributed by atoms with E-state index in [0.717, 1.165) is 11.8 Å². The SMILES string of the molecule is CC1(C)CN(c2ccc(C=O)cc2C(F)(F)F)CCS1. The van der Waals surface area contributed by atoms with Gasteiger partial charge in [-0.3, -0.25) is 4.79 Å². The first-order chi connectivity index (χ1) is 9.23. The summed E-state index contributed by atoms with van der Waals surface area (Å²) in [6.45, 7) is 5.19. The second-order valence-electron chi connectivity index (χ2n) is 5.42. The topological polar surface area (TPSA) is 20.3 Å². The van der Waals surface area contributed by atoms with Crippen LogP contribution in [0.25, 0.3) is 0 Å². The van der Waals surface area contributed by atoms with Gasteiger partial charge in [-0.15, -0.1) is 0 Å². The third-order valence-electron chi connectivity index (χ3n) is 3.23. The van der Waals surface area contributed by atoms with Crippen LogP contribution in [-0.2, 0) is 6.18 Å². The zero-order valence-corrected chi connectivity index (χ0v) is 12.1. The number of nitrogens with zero attached hydrogens (tertiary/aromatic N) is 1. The third kappa shape index (κ3) is 3.29. The molecule has 0 aromatic heterocycles. The Hall–Kier alpha value is -1.17. The molecule has 0 saturated carbocycles. The summed E-state index contributed by atoms with van der Waals surface area (Å²) in [4.78, 5) is 12.4. The zero-order valence-electron chi connectivity index (χ0n) is 11.3. The van der Waals surface area contributed by atoms with Gasteiger partial charge in [-0.25, -0.2) is 0 Å². The van der Waals surface area contributed by atoms with Crippen LogP contribution in [0.1, 0.15) is 29.8 Å². The Kier molecular flexibility index (Phi) is 4.04. The van der Waals surface area contributed by atoms with Crippen molar-refractivity contribution in [2.24, 2.45) is 0 Å². The molecule has 0 N–H and O–H groups in total. The minimum absolute atomic E-state index is 0.0479. The molecule has 0 unspecified atom stereocenters. The molecule has 1 aromatic carbocycles. The van der Waals surface area contributed by atoms with Crippen molar-refractivity contribution < 1.29 is 18.0 Å². The Labute approximate surface area is 120 Å². The van der Waals surface area contributed by atoms with Crippen LogP contribution in [0.4, 0.5) is 18.9 Å². The lowest BCUT2D eigenvalue weighted by molar-refractivity contribution is -0.137. The average molecular weight is 303 g/mol. The summed E-state index contributed by atoms with van der Waals surface area (Å²) in [6, 6.07) is 3.77. The Morgan fingerprint density at radius 3 is 2.60 bits per heavy atom. The molecule has 0 bridgehead atoms. The maximum Gasteiger partial charge on any atom is 0.418 e. The van der Waals surface area contributed by atoms with Crippen LogP contribution >= 0.6 is 11.8 Å². The van der Waals surface area contributed by atoms with Crippen LogP contribution in [0, 0.1) is 0 Å². The predicted molar refractivity (Wildman–Crippen MR) is 75.6 cm³/mol. The van der Waals surface area contributed by atoms with Crippen molar-refractivity contribution in [3.8, 4) is 0 Å². The highest BCUT2D eigenvalue weighted by Crippen LogP contribution is 2.40. The fraction of sp³-hybridized carbons (Fsp3) is 0.500. The number of carbonyl (C=O) groups excluding carboxylic acids is 1. The largest absolute Gasteiger partial charge is 0.418 e. The van der Waals surface area contributed by atoms with Gasteiger partial charge in [0.15, 0.2) is 0 Å². The normalized spacial score (nSPS) is 18.9.